The molecule has 0 saturated carbocycles. The maximum absolute atomic E-state index is 6.34. The first-order chi connectivity index (χ1) is 18.6. The molecule has 0 spiro atoms. The van der Waals surface area contributed by atoms with Crippen molar-refractivity contribution >= 4 is 54.6 Å². The van der Waals surface area contributed by atoms with E-state index in [1.807, 2.05) is 18.2 Å². The lowest BCUT2D eigenvalue weighted by molar-refractivity contribution is 0.669. The second-order valence-electron chi connectivity index (χ2n) is 10.1. The average molecular weight is 490 g/mol. The largest absolute Gasteiger partial charge is 0.456 e. The number of fused-ring (bicyclic) bond motifs is 7. The molecule has 8 aromatic rings. The summed E-state index contributed by atoms with van der Waals surface area (Å²) in [5.41, 5.74) is 9.22. The first-order valence-electron chi connectivity index (χ1n) is 12.8. The molecule has 0 N–H and O–H groups in total. The minimum Gasteiger partial charge on any atom is -0.456 e. The second kappa shape index (κ2) is 7.77. The van der Waals surface area contributed by atoms with Crippen LogP contribution in [-0.4, -0.2) is 14.5 Å². The lowest BCUT2D eigenvalue weighted by atomic mass is 10.1. The highest BCUT2D eigenvalue weighted by Crippen LogP contribution is 2.39. The summed E-state index contributed by atoms with van der Waals surface area (Å²) in [6.07, 6.45) is 0. The molecule has 0 saturated heterocycles. The summed E-state index contributed by atoms with van der Waals surface area (Å²) in [4.78, 5) is 10.3. The molecular weight excluding hydrogens is 466 g/mol. The number of para-hydroxylation sites is 1. The molecule has 0 aliphatic rings. The van der Waals surface area contributed by atoms with Crippen molar-refractivity contribution < 1.29 is 4.42 Å². The minimum absolute atomic E-state index is 0.651. The van der Waals surface area contributed by atoms with E-state index in [0.29, 0.717) is 5.95 Å². The van der Waals surface area contributed by atoms with Crippen LogP contribution < -0.4 is 0 Å². The molecule has 3 aromatic heterocycles. The number of aryl methyl sites for hydroxylation is 2. The van der Waals surface area contributed by atoms with E-state index in [0.717, 1.165) is 55.1 Å². The Bertz CT molecular complexity index is 2200. The van der Waals surface area contributed by atoms with Gasteiger partial charge in [0.25, 0.3) is 0 Å². The van der Waals surface area contributed by atoms with Crippen LogP contribution >= 0.6 is 0 Å². The van der Waals surface area contributed by atoms with E-state index < -0.39 is 0 Å². The van der Waals surface area contributed by atoms with Crippen LogP contribution in [0.5, 0.6) is 0 Å². The molecule has 5 aromatic carbocycles. The third kappa shape index (κ3) is 3.04. The maximum atomic E-state index is 6.34. The van der Waals surface area contributed by atoms with E-state index >= 15 is 0 Å². The average Bonchev–Trinajstić information content (AvgIpc) is 3.45. The molecule has 4 heteroatoms. The van der Waals surface area contributed by atoms with Gasteiger partial charge in [0.15, 0.2) is 0 Å². The van der Waals surface area contributed by atoms with Gasteiger partial charge in [-0.05, 0) is 50.2 Å². The molecule has 0 aliphatic heterocycles. The van der Waals surface area contributed by atoms with Crippen LogP contribution in [0.25, 0.3) is 71.9 Å². The van der Waals surface area contributed by atoms with E-state index in [2.05, 4.69) is 103 Å². The van der Waals surface area contributed by atoms with Gasteiger partial charge in [-0.15, -0.1) is 0 Å². The summed E-state index contributed by atoms with van der Waals surface area (Å²) >= 11 is 0. The molecule has 0 fully saturated rings. The van der Waals surface area contributed by atoms with E-state index in [9.17, 15) is 0 Å². The Labute approximate surface area is 218 Å². The van der Waals surface area contributed by atoms with E-state index in [1.54, 1.807) is 0 Å². The Morgan fingerprint density at radius 1 is 0.553 bits per heavy atom. The van der Waals surface area contributed by atoms with Gasteiger partial charge in [0.05, 0.1) is 22.2 Å². The van der Waals surface area contributed by atoms with Crippen molar-refractivity contribution in [3.8, 4) is 17.2 Å². The van der Waals surface area contributed by atoms with Crippen LogP contribution in [-0.2, 0) is 0 Å². The van der Waals surface area contributed by atoms with E-state index in [4.69, 9.17) is 14.4 Å². The van der Waals surface area contributed by atoms with Crippen LogP contribution in [0.1, 0.15) is 11.1 Å². The van der Waals surface area contributed by atoms with Crippen molar-refractivity contribution in [3.63, 3.8) is 0 Å². The summed E-state index contributed by atoms with van der Waals surface area (Å²) < 4.78 is 8.52. The van der Waals surface area contributed by atoms with Gasteiger partial charge in [-0.1, -0.05) is 71.8 Å². The van der Waals surface area contributed by atoms with Gasteiger partial charge in [0.2, 0.25) is 5.95 Å². The Morgan fingerprint density at radius 2 is 1.26 bits per heavy atom. The lowest BCUT2D eigenvalue weighted by Gasteiger charge is -2.11. The first kappa shape index (κ1) is 21.2. The van der Waals surface area contributed by atoms with Gasteiger partial charge in [-0.2, -0.15) is 0 Å². The fraction of sp³-hybridized carbons (Fsp3) is 0.0588. The molecule has 38 heavy (non-hydrogen) atoms. The van der Waals surface area contributed by atoms with Gasteiger partial charge >= 0.3 is 0 Å². The molecule has 0 amide bonds. The fourth-order valence-electron chi connectivity index (χ4n) is 5.71. The highest BCUT2D eigenvalue weighted by Gasteiger charge is 2.19. The van der Waals surface area contributed by atoms with E-state index in [1.165, 1.54) is 21.9 Å². The molecule has 3 heterocycles. The fourth-order valence-corrected chi connectivity index (χ4v) is 5.71. The monoisotopic (exact) mass is 489 g/mol. The predicted octanol–water partition coefficient (Wildman–Crippen LogP) is 8.91. The van der Waals surface area contributed by atoms with Gasteiger partial charge in [0.1, 0.15) is 11.2 Å². The number of nitrogens with zero attached hydrogens (tertiary/aromatic N) is 3. The minimum atomic E-state index is 0.651. The Kier molecular flexibility index (Phi) is 4.32. The maximum Gasteiger partial charge on any atom is 0.235 e. The highest BCUT2D eigenvalue weighted by molar-refractivity contribution is 6.17. The molecule has 0 unspecified atom stereocenters. The van der Waals surface area contributed by atoms with Crippen LogP contribution in [0.2, 0.25) is 0 Å². The number of rotatable bonds is 2. The molecule has 0 bridgehead atoms. The van der Waals surface area contributed by atoms with Crippen molar-refractivity contribution in [1.82, 2.24) is 14.5 Å². The molecule has 4 nitrogen and oxygen atoms in total. The van der Waals surface area contributed by atoms with Crippen molar-refractivity contribution in [1.29, 1.82) is 0 Å². The van der Waals surface area contributed by atoms with Gasteiger partial charge in [0, 0.05) is 38.6 Å². The van der Waals surface area contributed by atoms with Crippen LogP contribution in [0.15, 0.2) is 108 Å². The number of benzene rings is 5. The SMILES string of the molecule is Cc1ccc2oc3cc4c(cc3c2c1)c1cc(C)ccc1n4-c1nc(-c2ccccc2)c2ccccc2n1. The summed E-state index contributed by atoms with van der Waals surface area (Å²) in [6, 6.07) is 35.9. The van der Waals surface area contributed by atoms with E-state index in [-0.39, 0.29) is 0 Å². The zero-order valence-electron chi connectivity index (χ0n) is 21.1. The summed E-state index contributed by atoms with van der Waals surface area (Å²) in [5, 5.41) is 5.65. The van der Waals surface area contributed by atoms with Crippen molar-refractivity contribution in [2.45, 2.75) is 13.8 Å². The molecule has 180 valence electrons. The predicted molar refractivity (Wildman–Crippen MR) is 156 cm³/mol. The third-order valence-electron chi connectivity index (χ3n) is 7.51. The Hall–Kier alpha value is -4.96. The van der Waals surface area contributed by atoms with Crippen LogP contribution in [0.3, 0.4) is 0 Å². The molecule has 0 aliphatic carbocycles. The highest BCUT2D eigenvalue weighted by atomic mass is 16.3. The van der Waals surface area contributed by atoms with Crippen molar-refractivity contribution in [3.05, 3.63) is 114 Å². The van der Waals surface area contributed by atoms with Gasteiger partial charge in [-0.25, -0.2) is 9.97 Å². The molecular formula is C34H23N3O. The summed E-state index contributed by atoms with van der Waals surface area (Å²) in [7, 11) is 0. The van der Waals surface area contributed by atoms with Crippen molar-refractivity contribution in [2.24, 2.45) is 0 Å². The Morgan fingerprint density at radius 3 is 2.13 bits per heavy atom. The van der Waals surface area contributed by atoms with Crippen molar-refractivity contribution in [2.75, 3.05) is 0 Å². The number of hydrogen-bond acceptors (Lipinski definition) is 3. The lowest BCUT2D eigenvalue weighted by Crippen LogP contribution is -2.03. The van der Waals surface area contributed by atoms with Crippen LogP contribution in [0, 0.1) is 13.8 Å². The first-order valence-corrected chi connectivity index (χ1v) is 12.8. The molecule has 0 radical (unpaired) electrons. The van der Waals surface area contributed by atoms with Gasteiger partial charge in [-0.3, -0.25) is 4.57 Å². The Balaban J connectivity index is 1.52. The number of hydrogen-bond donors (Lipinski definition) is 0. The van der Waals surface area contributed by atoms with Gasteiger partial charge < -0.3 is 4.42 Å². The third-order valence-corrected chi connectivity index (χ3v) is 7.51. The molecule has 0 atom stereocenters. The summed E-state index contributed by atoms with van der Waals surface area (Å²) in [5.74, 6) is 0.651. The standard InChI is InChI=1S/C34H23N3O/c1-20-12-14-29-24(16-20)25-18-27-26-17-21(2)13-15-31(26)38-32(27)19-30(25)37(29)34-35-28-11-7-6-10-23(28)33(36-34)22-8-4-3-5-9-22/h3-19H,1-2H3. The number of aromatic nitrogens is 3. The molecule has 8 rings (SSSR count). The topological polar surface area (TPSA) is 43.9 Å². The second-order valence-corrected chi connectivity index (χ2v) is 10.1. The zero-order chi connectivity index (χ0) is 25.4. The normalized spacial score (nSPS) is 11.9. The number of furan rings is 1. The van der Waals surface area contributed by atoms with Crippen LogP contribution in [0.4, 0.5) is 0 Å². The quantitative estimate of drug-likeness (QED) is 0.243. The summed E-state index contributed by atoms with van der Waals surface area (Å²) in [6.45, 7) is 4.26. The smallest absolute Gasteiger partial charge is 0.235 e. The zero-order valence-corrected chi connectivity index (χ0v) is 21.1.